The van der Waals surface area contributed by atoms with Gasteiger partial charge < -0.3 is 4.98 Å². The zero-order chi connectivity index (χ0) is 15.3. The van der Waals surface area contributed by atoms with Crippen molar-refractivity contribution in [2.45, 2.75) is 24.7 Å². The summed E-state index contributed by atoms with van der Waals surface area (Å²) in [6, 6.07) is 6.08. The van der Waals surface area contributed by atoms with E-state index < -0.39 is 10.0 Å². The first-order valence-electron chi connectivity index (χ1n) is 6.63. The molecule has 0 unspecified atom stereocenters. The van der Waals surface area contributed by atoms with Crippen molar-refractivity contribution in [1.29, 1.82) is 0 Å². The van der Waals surface area contributed by atoms with Crippen LogP contribution in [0.2, 0.25) is 0 Å². The van der Waals surface area contributed by atoms with Crippen LogP contribution in [-0.2, 0) is 16.4 Å². The van der Waals surface area contributed by atoms with Gasteiger partial charge in [-0.05, 0) is 12.1 Å². The molecule has 6 nitrogen and oxygen atoms in total. The van der Waals surface area contributed by atoms with Crippen molar-refractivity contribution in [1.82, 2.24) is 14.7 Å². The van der Waals surface area contributed by atoms with Crippen molar-refractivity contribution in [3.63, 3.8) is 0 Å². The number of aromatic nitrogens is 2. The Labute approximate surface area is 123 Å². The molecule has 2 rings (SSSR count). The molecular formula is C14H17N3O3S. The Morgan fingerprint density at radius 1 is 1.38 bits per heavy atom. The second-order valence-electron chi connectivity index (χ2n) is 4.53. The predicted octanol–water partition coefficient (Wildman–Crippen LogP) is 1.52. The number of sulfonamides is 1. The number of hydrogen-bond donors (Lipinski definition) is 2. The number of carbonyl (C=O) groups excluding carboxylic acids is 1. The third-order valence-corrected chi connectivity index (χ3v) is 4.49. The average molecular weight is 307 g/mol. The van der Waals surface area contributed by atoms with Gasteiger partial charge in [-0.15, -0.1) is 0 Å². The van der Waals surface area contributed by atoms with Gasteiger partial charge in [-0.25, -0.2) is 18.1 Å². The zero-order valence-corrected chi connectivity index (χ0v) is 12.5. The van der Waals surface area contributed by atoms with Gasteiger partial charge in [0, 0.05) is 36.8 Å². The third-order valence-electron chi connectivity index (χ3n) is 3.03. The minimum atomic E-state index is -3.61. The topological polar surface area (TPSA) is 91.9 Å². The van der Waals surface area contributed by atoms with Crippen LogP contribution < -0.4 is 4.72 Å². The predicted molar refractivity (Wildman–Crippen MR) is 78.5 cm³/mol. The van der Waals surface area contributed by atoms with Crippen molar-refractivity contribution >= 4 is 15.8 Å². The molecule has 7 heteroatoms. The van der Waals surface area contributed by atoms with Crippen molar-refractivity contribution in [3.05, 3.63) is 48.0 Å². The van der Waals surface area contributed by atoms with E-state index in [1.165, 1.54) is 12.1 Å². The smallest absolute Gasteiger partial charge is 0.240 e. The number of ketones is 1. The standard InChI is InChI=1S/C14H17N3O3S/c1-2-14(18)11-4-3-5-13(8-11)21(19,20)17-7-6-12-9-15-10-16-12/h3-5,8-10,17H,2,6-7H2,1H3,(H,15,16). The van der Waals surface area contributed by atoms with E-state index in [1.807, 2.05) is 0 Å². The van der Waals surface area contributed by atoms with Crippen LogP contribution in [0.4, 0.5) is 0 Å². The molecule has 2 aromatic rings. The maximum Gasteiger partial charge on any atom is 0.240 e. The van der Waals surface area contributed by atoms with Gasteiger partial charge in [-0.1, -0.05) is 19.1 Å². The molecule has 0 aliphatic carbocycles. The lowest BCUT2D eigenvalue weighted by molar-refractivity contribution is 0.0988. The fourth-order valence-corrected chi connectivity index (χ4v) is 2.94. The fraction of sp³-hybridized carbons (Fsp3) is 0.286. The Kier molecular flexibility index (Phi) is 4.87. The Hall–Kier alpha value is -1.99. The minimum absolute atomic E-state index is 0.0792. The summed E-state index contributed by atoms with van der Waals surface area (Å²) in [5.41, 5.74) is 1.27. The van der Waals surface area contributed by atoms with E-state index in [9.17, 15) is 13.2 Å². The van der Waals surface area contributed by atoms with Crippen LogP contribution in [0.25, 0.3) is 0 Å². The van der Waals surface area contributed by atoms with Gasteiger partial charge >= 0.3 is 0 Å². The summed E-state index contributed by atoms with van der Waals surface area (Å²) in [5, 5.41) is 0. The zero-order valence-electron chi connectivity index (χ0n) is 11.7. The first-order chi connectivity index (χ1) is 10.0. The van der Waals surface area contributed by atoms with Gasteiger partial charge in [0.25, 0.3) is 0 Å². The second kappa shape index (κ2) is 6.64. The van der Waals surface area contributed by atoms with Crippen LogP contribution >= 0.6 is 0 Å². The first kappa shape index (κ1) is 15.4. The van der Waals surface area contributed by atoms with Gasteiger partial charge in [0.1, 0.15) is 0 Å². The number of imidazole rings is 1. The highest BCUT2D eigenvalue weighted by molar-refractivity contribution is 7.89. The molecule has 0 saturated heterocycles. The van der Waals surface area contributed by atoms with E-state index in [0.717, 1.165) is 5.69 Å². The molecule has 0 saturated carbocycles. The quantitative estimate of drug-likeness (QED) is 0.759. The number of nitrogens with zero attached hydrogens (tertiary/aromatic N) is 1. The highest BCUT2D eigenvalue weighted by Crippen LogP contribution is 2.13. The number of hydrogen-bond acceptors (Lipinski definition) is 4. The van der Waals surface area contributed by atoms with E-state index in [2.05, 4.69) is 14.7 Å². The maximum absolute atomic E-state index is 12.2. The van der Waals surface area contributed by atoms with Crippen molar-refractivity contribution in [2.75, 3.05) is 6.54 Å². The lowest BCUT2D eigenvalue weighted by atomic mass is 10.1. The van der Waals surface area contributed by atoms with Crippen molar-refractivity contribution in [3.8, 4) is 0 Å². The van der Waals surface area contributed by atoms with E-state index in [0.29, 0.717) is 18.4 Å². The van der Waals surface area contributed by atoms with E-state index in [-0.39, 0.29) is 17.2 Å². The van der Waals surface area contributed by atoms with Crippen LogP contribution in [0.5, 0.6) is 0 Å². The molecule has 21 heavy (non-hydrogen) atoms. The molecule has 0 fully saturated rings. The number of rotatable bonds is 7. The molecule has 0 radical (unpaired) electrons. The largest absolute Gasteiger partial charge is 0.348 e. The molecule has 0 atom stereocenters. The van der Waals surface area contributed by atoms with Crippen LogP contribution in [-0.4, -0.2) is 30.7 Å². The summed E-state index contributed by atoms with van der Waals surface area (Å²) in [6.45, 7) is 2.00. The fourth-order valence-electron chi connectivity index (χ4n) is 1.87. The summed E-state index contributed by atoms with van der Waals surface area (Å²) < 4.78 is 26.9. The first-order valence-corrected chi connectivity index (χ1v) is 8.11. The highest BCUT2D eigenvalue weighted by atomic mass is 32.2. The molecule has 1 heterocycles. The van der Waals surface area contributed by atoms with Crippen molar-refractivity contribution in [2.24, 2.45) is 0 Å². The van der Waals surface area contributed by atoms with Gasteiger partial charge in [0.2, 0.25) is 10.0 Å². The summed E-state index contributed by atoms with van der Waals surface area (Å²) in [5.74, 6) is -0.0792. The molecule has 0 bridgehead atoms. The van der Waals surface area contributed by atoms with Gasteiger partial charge in [-0.2, -0.15) is 0 Å². The SMILES string of the molecule is CCC(=O)c1cccc(S(=O)(=O)NCCc2cnc[nH]2)c1. The molecule has 112 valence electrons. The molecule has 0 amide bonds. The molecular weight excluding hydrogens is 290 g/mol. The Morgan fingerprint density at radius 2 is 2.19 bits per heavy atom. The Bertz CT molecular complexity index is 709. The lowest BCUT2D eigenvalue weighted by Gasteiger charge is -2.07. The Morgan fingerprint density at radius 3 is 2.86 bits per heavy atom. The number of carbonyl (C=O) groups is 1. The summed E-state index contributed by atoms with van der Waals surface area (Å²) in [6.07, 6.45) is 4.06. The highest BCUT2D eigenvalue weighted by Gasteiger charge is 2.15. The van der Waals surface area contributed by atoms with E-state index in [4.69, 9.17) is 0 Å². The normalized spacial score (nSPS) is 11.5. The number of Topliss-reactive ketones (excluding diaryl/α,β-unsaturated/α-hetero) is 1. The number of H-pyrrole nitrogens is 1. The number of aromatic amines is 1. The second-order valence-corrected chi connectivity index (χ2v) is 6.30. The van der Waals surface area contributed by atoms with Crippen LogP contribution in [0.1, 0.15) is 29.4 Å². The Balaban J connectivity index is 2.06. The summed E-state index contributed by atoms with van der Waals surface area (Å²) in [4.78, 5) is 18.5. The lowest BCUT2D eigenvalue weighted by Crippen LogP contribution is -2.26. The van der Waals surface area contributed by atoms with Crippen LogP contribution in [0, 0.1) is 0 Å². The monoisotopic (exact) mass is 307 g/mol. The summed E-state index contributed by atoms with van der Waals surface area (Å²) >= 11 is 0. The molecule has 1 aromatic carbocycles. The average Bonchev–Trinajstić information content (AvgIpc) is 2.99. The molecule has 0 aliphatic rings. The molecule has 0 spiro atoms. The van der Waals surface area contributed by atoms with Gasteiger partial charge in [-0.3, -0.25) is 4.79 Å². The molecule has 2 N–H and O–H groups in total. The van der Waals surface area contributed by atoms with Crippen LogP contribution in [0.15, 0.2) is 41.7 Å². The number of nitrogens with one attached hydrogen (secondary N) is 2. The number of benzene rings is 1. The third kappa shape index (κ3) is 3.99. The maximum atomic E-state index is 12.2. The van der Waals surface area contributed by atoms with E-state index in [1.54, 1.807) is 31.6 Å². The summed E-state index contributed by atoms with van der Waals surface area (Å²) in [7, 11) is -3.61. The molecule has 0 aliphatic heterocycles. The van der Waals surface area contributed by atoms with E-state index >= 15 is 0 Å². The van der Waals surface area contributed by atoms with Crippen molar-refractivity contribution < 1.29 is 13.2 Å². The molecule has 1 aromatic heterocycles. The minimum Gasteiger partial charge on any atom is -0.348 e. The van der Waals surface area contributed by atoms with Gasteiger partial charge in [0.05, 0.1) is 11.2 Å². The van der Waals surface area contributed by atoms with Gasteiger partial charge in [0.15, 0.2) is 5.78 Å². The van der Waals surface area contributed by atoms with Crippen LogP contribution in [0.3, 0.4) is 0 Å².